The molecule has 3 aliphatic heterocycles. The van der Waals surface area contributed by atoms with Crippen molar-refractivity contribution in [3.8, 4) is 0 Å². The predicted molar refractivity (Wildman–Crippen MR) is 134 cm³/mol. The number of amides is 1. The summed E-state index contributed by atoms with van der Waals surface area (Å²) in [6.45, 7) is 4.55. The van der Waals surface area contributed by atoms with Crippen molar-refractivity contribution < 1.29 is 23.1 Å². The van der Waals surface area contributed by atoms with Crippen LogP contribution >= 0.6 is 0 Å². The first-order valence-corrected chi connectivity index (χ1v) is 12.4. The first-order chi connectivity index (χ1) is 17.2. The van der Waals surface area contributed by atoms with Crippen LogP contribution in [0.5, 0.6) is 0 Å². The number of benzene rings is 2. The fraction of sp³-hybridized carbons (Fsp3) is 0.481. The maximum Gasteiger partial charge on any atom is 0.416 e. The lowest BCUT2D eigenvalue weighted by atomic mass is 9.94. The molecule has 1 amide bonds. The molecule has 2 N–H and O–H groups in total. The molecule has 194 valence electrons. The number of likely N-dealkylation sites (tertiary alicyclic amines) is 1. The number of carbonyl (C=O) groups is 1. The minimum Gasteiger partial charge on any atom is -0.392 e. The van der Waals surface area contributed by atoms with Gasteiger partial charge in [0.05, 0.1) is 18.2 Å². The highest BCUT2D eigenvalue weighted by molar-refractivity contribution is 6.00. The molecule has 1 atom stereocenters. The second-order valence-corrected chi connectivity index (χ2v) is 9.49. The molecule has 1 unspecified atom stereocenters. The van der Waals surface area contributed by atoms with Gasteiger partial charge in [-0.05, 0) is 80.0 Å². The summed E-state index contributed by atoms with van der Waals surface area (Å²) in [6.07, 6.45) is 1.48. The van der Waals surface area contributed by atoms with Gasteiger partial charge in [0.15, 0.2) is 5.96 Å². The maximum atomic E-state index is 12.9. The van der Waals surface area contributed by atoms with E-state index in [2.05, 4.69) is 28.2 Å². The Hall–Kier alpha value is -3.07. The monoisotopic (exact) mass is 502 g/mol. The number of halogens is 3. The average molecular weight is 503 g/mol. The van der Waals surface area contributed by atoms with Crippen LogP contribution in [0.15, 0.2) is 41.4 Å². The number of fused-ring (bicyclic) bond motifs is 3. The lowest BCUT2D eigenvalue weighted by Crippen LogP contribution is -2.41. The van der Waals surface area contributed by atoms with Gasteiger partial charge in [-0.1, -0.05) is 12.1 Å². The molecule has 0 aromatic heterocycles. The fourth-order valence-corrected chi connectivity index (χ4v) is 5.21. The molecule has 9 heteroatoms. The summed E-state index contributed by atoms with van der Waals surface area (Å²) in [5.41, 5.74) is 3.94. The molecule has 0 spiro atoms. The molecule has 2 aromatic carbocycles. The number of aryl methyl sites for hydroxylation is 1. The molecule has 0 bridgehead atoms. The molecule has 5 rings (SSSR count). The highest BCUT2D eigenvalue weighted by atomic mass is 19.4. The second-order valence-electron chi connectivity index (χ2n) is 9.49. The quantitative estimate of drug-likeness (QED) is 0.580. The van der Waals surface area contributed by atoms with Crippen molar-refractivity contribution in [3.63, 3.8) is 0 Å². The Morgan fingerprint density at radius 2 is 1.86 bits per heavy atom. The van der Waals surface area contributed by atoms with E-state index in [0.29, 0.717) is 6.04 Å². The van der Waals surface area contributed by atoms with Crippen LogP contribution in [0.3, 0.4) is 0 Å². The van der Waals surface area contributed by atoms with Crippen molar-refractivity contribution in [2.75, 3.05) is 32.0 Å². The average Bonchev–Trinajstić information content (AvgIpc) is 3.39. The van der Waals surface area contributed by atoms with Gasteiger partial charge in [0.1, 0.15) is 0 Å². The smallest absolute Gasteiger partial charge is 0.392 e. The zero-order chi connectivity index (χ0) is 25.9. The van der Waals surface area contributed by atoms with Crippen molar-refractivity contribution in [1.82, 2.24) is 9.80 Å². The van der Waals surface area contributed by atoms with E-state index in [-0.39, 0.29) is 18.1 Å². The number of nitrogens with zero attached hydrogens (tertiary/aromatic N) is 3. The van der Waals surface area contributed by atoms with Gasteiger partial charge in [0, 0.05) is 37.9 Å². The van der Waals surface area contributed by atoms with E-state index in [4.69, 9.17) is 5.11 Å². The Kier molecular flexibility index (Phi) is 7.88. The molecule has 0 saturated carbocycles. The van der Waals surface area contributed by atoms with Crippen LogP contribution in [0.25, 0.3) is 0 Å². The van der Waals surface area contributed by atoms with E-state index in [1.807, 2.05) is 18.0 Å². The molecular formula is C27H33F3N4O2. The van der Waals surface area contributed by atoms with Gasteiger partial charge in [-0.3, -0.25) is 9.79 Å². The van der Waals surface area contributed by atoms with E-state index in [9.17, 15) is 18.0 Å². The summed E-state index contributed by atoms with van der Waals surface area (Å²) in [7, 11) is 1.84. The van der Waals surface area contributed by atoms with E-state index in [1.54, 1.807) is 0 Å². The van der Waals surface area contributed by atoms with Gasteiger partial charge in [-0.15, -0.1) is 0 Å². The Balaban J connectivity index is 0.000000214. The van der Waals surface area contributed by atoms with Crippen LogP contribution in [0.2, 0.25) is 0 Å². The molecule has 2 fully saturated rings. The largest absolute Gasteiger partial charge is 0.416 e. The van der Waals surface area contributed by atoms with Crippen LogP contribution < -0.4 is 5.32 Å². The van der Waals surface area contributed by atoms with Crippen molar-refractivity contribution in [2.45, 2.75) is 57.9 Å². The van der Waals surface area contributed by atoms with Gasteiger partial charge in [0.25, 0.3) is 5.91 Å². The number of alkyl halides is 3. The van der Waals surface area contributed by atoms with Crippen LogP contribution in [-0.4, -0.2) is 53.5 Å². The zero-order valence-corrected chi connectivity index (χ0v) is 20.7. The number of piperidine rings is 1. The highest BCUT2D eigenvalue weighted by Crippen LogP contribution is 2.42. The summed E-state index contributed by atoms with van der Waals surface area (Å²) in [5, 5.41) is 12.0. The summed E-state index contributed by atoms with van der Waals surface area (Å²) in [6, 6.07) is 9.14. The fourth-order valence-electron chi connectivity index (χ4n) is 5.21. The third kappa shape index (κ3) is 5.51. The second kappa shape index (κ2) is 10.9. The van der Waals surface area contributed by atoms with Crippen molar-refractivity contribution >= 4 is 17.6 Å². The van der Waals surface area contributed by atoms with Crippen LogP contribution in [-0.2, 0) is 12.8 Å². The number of rotatable bonds is 2. The van der Waals surface area contributed by atoms with E-state index >= 15 is 0 Å². The highest BCUT2D eigenvalue weighted by Gasteiger charge is 2.36. The number of aliphatic imine (C=N–C) groups is 1. The van der Waals surface area contributed by atoms with Gasteiger partial charge >= 0.3 is 6.18 Å². The van der Waals surface area contributed by atoms with Crippen molar-refractivity contribution in [2.24, 2.45) is 4.99 Å². The minimum absolute atomic E-state index is 0.195. The maximum absolute atomic E-state index is 12.9. The standard InChI is InChI=1S/C19H26N4O.C8H7F3O/c1-13-11-14(18(24)22-8-4-3-5-9-22)12-15-16-7-6-10-23(16)19(20-2)21-17(13)15;9-8(10,11)7-3-1-2-6(4-7)5-12/h11-12,16H,3-10H2,1-2H3,(H,20,21);1-4,12H,5H2. The van der Waals surface area contributed by atoms with E-state index < -0.39 is 11.7 Å². The SMILES string of the molecule is CN=C1Nc2c(C)cc(C(=O)N3CCCCC3)cc2C2CCCN12.OCc1cccc(C(F)(F)F)c1. The molecule has 36 heavy (non-hydrogen) atoms. The first-order valence-electron chi connectivity index (χ1n) is 12.4. The molecule has 2 aromatic rings. The Morgan fingerprint density at radius 1 is 1.11 bits per heavy atom. The Morgan fingerprint density at radius 3 is 2.53 bits per heavy atom. The Bertz CT molecular complexity index is 1130. The molecule has 6 nitrogen and oxygen atoms in total. The third-order valence-corrected chi connectivity index (χ3v) is 7.03. The number of hydrogen-bond acceptors (Lipinski definition) is 3. The molecular weight excluding hydrogens is 469 g/mol. The summed E-state index contributed by atoms with van der Waals surface area (Å²) in [5.74, 6) is 1.16. The minimum atomic E-state index is -4.33. The zero-order valence-electron chi connectivity index (χ0n) is 20.7. The molecule has 3 heterocycles. The number of hydrogen-bond donors (Lipinski definition) is 2. The molecule has 0 aliphatic carbocycles. The number of nitrogens with one attached hydrogen (secondary N) is 1. The Labute approximate surface area is 209 Å². The van der Waals surface area contributed by atoms with E-state index in [1.165, 1.54) is 30.5 Å². The predicted octanol–water partition coefficient (Wildman–Crippen LogP) is 5.37. The first kappa shape index (κ1) is 26.0. The number of anilines is 1. The number of aliphatic hydroxyl groups excluding tert-OH is 1. The van der Waals surface area contributed by atoms with Gasteiger partial charge < -0.3 is 20.2 Å². The topological polar surface area (TPSA) is 68.2 Å². The van der Waals surface area contributed by atoms with Crippen LogP contribution in [0.4, 0.5) is 18.9 Å². The van der Waals surface area contributed by atoms with Crippen LogP contribution in [0.1, 0.15) is 70.8 Å². The van der Waals surface area contributed by atoms with E-state index in [0.717, 1.165) is 73.8 Å². The lowest BCUT2D eigenvalue weighted by Gasteiger charge is -2.36. The summed E-state index contributed by atoms with van der Waals surface area (Å²) < 4.78 is 36.1. The molecule has 3 aliphatic rings. The number of carbonyl (C=O) groups excluding carboxylic acids is 1. The summed E-state index contributed by atoms with van der Waals surface area (Å²) in [4.78, 5) is 21.7. The van der Waals surface area contributed by atoms with Crippen molar-refractivity contribution in [3.05, 3.63) is 64.2 Å². The summed E-state index contributed by atoms with van der Waals surface area (Å²) >= 11 is 0. The molecule has 2 saturated heterocycles. The van der Waals surface area contributed by atoms with Crippen molar-refractivity contribution in [1.29, 1.82) is 0 Å². The van der Waals surface area contributed by atoms with Gasteiger partial charge in [0.2, 0.25) is 0 Å². The third-order valence-electron chi connectivity index (χ3n) is 7.03. The van der Waals surface area contributed by atoms with Crippen LogP contribution in [0, 0.1) is 6.92 Å². The van der Waals surface area contributed by atoms with Gasteiger partial charge in [-0.25, -0.2) is 0 Å². The number of guanidine groups is 1. The molecule has 0 radical (unpaired) electrons. The van der Waals surface area contributed by atoms with Gasteiger partial charge in [-0.2, -0.15) is 13.2 Å². The lowest BCUT2D eigenvalue weighted by molar-refractivity contribution is -0.137. The normalized spacial score (nSPS) is 20.3. The number of aliphatic hydroxyl groups is 1.